The summed E-state index contributed by atoms with van der Waals surface area (Å²) in [6, 6.07) is 9.60. The summed E-state index contributed by atoms with van der Waals surface area (Å²) in [5.41, 5.74) is 0.849. The van der Waals surface area contributed by atoms with E-state index in [1.165, 1.54) is 6.33 Å². The number of benzene rings is 1. The maximum Gasteiger partial charge on any atom is 0.353 e. The van der Waals surface area contributed by atoms with Crippen molar-refractivity contribution in [2.75, 3.05) is 49.1 Å². The number of hydrogen-bond donors (Lipinski definition) is 0. The van der Waals surface area contributed by atoms with E-state index in [0.29, 0.717) is 18.2 Å². The van der Waals surface area contributed by atoms with Crippen molar-refractivity contribution in [3.05, 3.63) is 46.8 Å². The van der Waals surface area contributed by atoms with E-state index in [9.17, 15) is 10.1 Å². The standard InChI is InChI=1S/C18H24N6O2/c1-3-21-10-12-22(13-11-21)17-16(24(25)26)18(20-14-19-17)23(4-2)15-8-6-5-7-9-15/h5-9,14H,3-4,10-13H2,1-2H3. The third kappa shape index (κ3) is 3.60. The average Bonchev–Trinajstić information content (AvgIpc) is 2.69. The first-order valence-corrected chi connectivity index (χ1v) is 8.95. The fraction of sp³-hybridized carbons (Fsp3) is 0.444. The third-order valence-corrected chi connectivity index (χ3v) is 4.73. The van der Waals surface area contributed by atoms with Gasteiger partial charge in [-0.05, 0) is 25.6 Å². The molecule has 3 rings (SSSR count). The zero-order valence-electron chi connectivity index (χ0n) is 15.2. The largest absolute Gasteiger partial charge is 0.353 e. The van der Waals surface area contributed by atoms with E-state index >= 15 is 0 Å². The topological polar surface area (TPSA) is 78.6 Å². The molecule has 138 valence electrons. The van der Waals surface area contributed by atoms with Crippen LogP contribution in [-0.2, 0) is 0 Å². The van der Waals surface area contributed by atoms with Crippen molar-refractivity contribution in [3.8, 4) is 0 Å². The van der Waals surface area contributed by atoms with Crippen molar-refractivity contribution in [3.63, 3.8) is 0 Å². The molecule has 0 spiro atoms. The van der Waals surface area contributed by atoms with Gasteiger partial charge in [-0.25, -0.2) is 9.97 Å². The lowest BCUT2D eigenvalue weighted by Gasteiger charge is -2.34. The molecule has 1 saturated heterocycles. The highest BCUT2D eigenvalue weighted by Gasteiger charge is 2.31. The Kier molecular flexibility index (Phi) is 5.62. The Morgan fingerprint density at radius 1 is 1.12 bits per heavy atom. The van der Waals surface area contributed by atoms with Crippen LogP contribution in [0.2, 0.25) is 0 Å². The molecule has 0 unspecified atom stereocenters. The Morgan fingerprint density at radius 2 is 1.81 bits per heavy atom. The number of nitrogens with zero attached hydrogens (tertiary/aromatic N) is 6. The van der Waals surface area contributed by atoms with Crippen molar-refractivity contribution < 1.29 is 4.92 Å². The van der Waals surface area contributed by atoms with Crippen molar-refractivity contribution in [2.24, 2.45) is 0 Å². The quantitative estimate of drug-likeness (QED) is 0.581. The summed E-state index contributed by atoms with van der Waals surface area (Å²) in [6.07, 6.45) is 1.43. The molecule has 8 heteroatoms. The molecule has 1 aliphatic rings. The molecule has 0 atom stereocenters. The maximum atomic E-state index is 11.9. The molecule has 8 nitrogen and oxygen atoms in total. The number of piperazine rings is 1. The predicted molar refractivity (Wildman–Crippen MR) is 102 cm³/mol. The van der Waals surface area contributed by atoms with Gasteiger partial charge in [0.1, 0.15) is 6.33 Å². The molecule has 1 aliphatic heterocycles. The molecule has 0 radical (unpaired) electrons. The first kappa shape index (κ1) is 18.1. The Balaban J connectivity index is 2.00. The molecule has 0 aliphatic carbocycles. The molecule has 2 aromatic rings. The number of hydrogen-bond acceptors (Lipinski definition) is 7. The van der Waals surface area contributed by atoms with E-state index in [2.05, 4.69) is 21.8 Å². The first-order chi connectivity index (χ1) is 12.7. The number of nitro groups is 1. The lowest BCUT2D eigenvalue weighted by molar-refractivity contribution is -0.383. The maximum absolute atomic E-state index is 11.9. The lowest BCUT2D eigenvalue weighted by Crippen LogP contribution is -2.46. The number of likely N-dealkylation sites (N-methyl/N-ethyl adjacent to an activating group) is 1. The van der Waals surface area contributed by atoms with Crippen molar-refractivity contribution >= 4 is 23.0 Å². The minimum atomic E-state index is -0.359. The average molecular weight is 356 g/mol. The van der Waals surface area contributed by atoms with Crippen LogP contribution < -0.4 is 9.80 Å². The number of para-hydroxylation sites is 1. The van der Waals surface area contributed by atoms with Gasteiger partial charge in [-0.3, -0.25) is 10.1 Å². The highest BCUT2D eigenvalue weighted by atomic mass is 16.6. The smallest absolute Gasteiger partial charge is 0.348 e. The summed E-state index contributed by atoms with van der Waals surface area (Å²) in [4.78, 5) is 26.3. The summed E-state index contributed by atoms with van der Waals surface area (Å²) in [5, 5.41) is 11.9. The predicted octanol–water partition coefficient (Wildman–Crippen LogP) is 2.68. The van der Waals surface area contributed by atoms with Gasteiger partial charge in [0.2, 0.25) is 11.6 Å². The Hall–Kier alpha value is -2.74. The highest BCUT2D eigenvalue weighted by molar-refractivity contribution is 5.76. The lowest BCUT2D eigenvalue weighted by atomic mass is 10.2. The van der Waals surface area contributed by atoms with Crippen LogP contribution in [0.5, 0.6) is 0 Å². The number of aromatic nitrogens is 2. The van der Waals surface area contributed by atoms with Gasteiger partial charge in [-0.2, -0.15) is 0 Å². The van der Waals surface area contributed by atoms with Gasteiger partial charge >= 0.3 is 5.69 Å². The Bertz CT molecular complexity index is 747. The van der Waals surface area contributed by atoms with E-state index in [1.54, 1.807) is 0 Å². The second-order valence-electron chi connectivity index (χ2n) is 6.13. The fourth-order valence-corrected chi connectivity index (χ4v) is 3.29. The molecule has 2 heterocycles. The van der Waals surface area contributed by atoms with Crippen LogP contribution in [0.15, 0.2) is 36.7 Å². The first-order valence-electron chi connectivity index (χ1n) is 8.95. The van der Waals surface area contributed by atoms with Gasteiger partial charge in [0.05, 0.1) is 4.92 Å². The van der Waals surface area contributed by atoms with Crippen LogP contribution in [0, 0.1) is 10.1 Å². The van der Waals surface area contributed by atoms with Gasteiger partial charge < -0.3 is 14.7 Å². The summed E-state index contributed by atoms with van der Waals surface area (Å²) in [6.45, 7) is 8.85. The van der Waals surface area contributed by atoms with Crippen LogP contribution in [0.4, 0.5) is 23.0 Å². The SMILES string of the molecule is CCN1CCN(c2ncnc(N(CC)c3ccccc3)c2[N+](=O)[O-])CC1. The zero-order valence-corrected chi connectivity index (χ0v) is 15.2. The van der Waals surface area contributed by atoms with Gasteiger partial charge in [0.25, 0.3) is 0 Å². The fourth-order valence-electron chi connectivity index (χ4n) is 3.29. The monoisotopic (exact) mass is 356 g/mol. The van der Waals surface area contributed by atoms with Crippen LogP contribution >= 0.6 is 0 Å². The van der Waals surface area contributed by atoms with Crippen molar-refractivity contribution in [1.29, 1.82) is 0 Å². The summed E-state index contributed by atoms with van der Waals surface area (Å²) >= 11 is 0. The molecule has 0 bridgehead atoms. The summed E-state index contributed by atoms with van der Waals surface area (Å²) in [7, 11) is 0. The summed E-state index contributed by atoms with van der Waals surface area (Å²) in [5.74, 6) is 0.747. The van der Waals surface area contributed by atoms with Crippen LogP contribution in [0.1, 0.15) is 13.8 Å². The molecular formula is C18H24N6O2. The van der Waals surface area contributed by atoms with E-state index in [0.717, 1.165) is 38.4 Å². The zero-order chi connectivity index (χ0) is 18.5. The van der Waals surface area contributed by atoms with E-state index in [4.69, 9.17) is 0 Å². The van der Waals surface area contributed by atoms with E-state index < -0.39 is 0 Å². The molecule has 1 aromatic heterocycles. The van der Waals surface area contributed by atoms with E-state index in [-0.39, 0.29) is 10.6 Å². The molecule has 0 saturated carbocycles. The Labute approximate surface area is 153 Å². The number of anilines is 3. The van der Waals surface area contributed by atoms with Crippen LogP contribution in [-0.4, -0.2) is 59.1 Å². The third-order valence-electron chi connectivity index (χ3n) is 4.73. The van der Waals surface area contributed by atoms with Gasteiger partial charge in [-0.1, -0.05) is 25.1 Å². The number of rotatable bonds is 6. The minimum Gasteiger partial charge on any atom is -0.348 e. The van der Waals surface area contributed by atoms with E-state index in [1.807, 2.05) is 47.1 Å². The van der Waals surface area contributed by atoms with Gasteiger partial charge in [0, 0.05) is 38.4 Å². The molecule has 0 amide bonds. The molecule has 1 aromatic carbocycles. The van der Waals surface area contributed by atoms with Gasteiger partial charge in [0.15, 0.2) is 0 Å². The van der Waals surface area contributed by atoms with Crippen molar-refractivity contribution in [1.82, 2.24) is 14.9 Å². The second kappa shape index (κ2) is 8.09. The molecule has 1 fully saturated rings. The van der Waals surface area contributed by atoms with Crippen molar-refractivity contribution in [2.45, 2.75) is 13.8 Å². The van der Waals surface area contributed by atoms with Crippen LogP contribution in [0.3, 0.4) is 0 Å². The highest BCUT2D eigenvalue weighted by Crippen LogP contribution is 2.37. The summed E-state index contributed by atoms with van der Waals surface area (Å²) < 4.78 is 0. The normalized spacial score (nSPS) is 15.1. The molecular weight excluding hydrogens is 332 g/mol. The molecule has 0 N–H and O–H groups in total. The van der Waals surface area contributed by atoms with Crippen LogP contribution in [0.25, 0.3) is 0 Å². The molecule has 26 heavy (non-hydrogen) atoms. The minimum absolute atomic E-state index is 0.0249. The Morgan fingerprint density at radius 3 is 2.38 bits per heavy atom. The second-order valence-corrected chi connectivity index (χ2v) is 6.13. The van der Waals surface area contributed by atoms with Gasteiger partial charge in [-0.15, -0.1) is 0 Å².